The van der Waals surface area contributed by atoms with Gasteiger partial charge in [0.15, 0.2) is 0 Å². The first-order valence-electron chi connectivity index (χ1n) is 16.3. The van der Waals surface area contributed by atoms with Crippen LogP contribution < -0.4 is 18.9 Å². The van der Waals surface area contributed by atoms with Gasteiger partial charge in [0, 0.05) is 36.2 Å². The maximum absolute atomic E-state index is 11.7. The van der Waals surface area contributed by atoms with Gasteiger partial charge in [-0.05, 0) is 112 Å². The van der Waals surface area contributed by atoms with Gasteiger partial charge >= 0.3 is 6.01 Å². The molecule has 10 heteroatoms. The van der Waals surface area contributed by atoms with Gasteiger partial charge in [-0.25, -0.2) is 13.4 Å². The second-order valence-corrected chi connectivity index (χ2v) is 16.9. The summed E-state index contributed by atoms with van der Waals surface area (Å²) in [6.45, 7) is 20.2. The van der Waals surface area contributed by atoms with Crippen molar-refractivity contribution in [3.05, 3.63) is 60.3 Å². The molecule has 0 spiro atoms. The Bertz CT molecular complexity index is 1840. The van der Waals surface area contributed by atoms with Crippen LogP contribution >= 0.6 is 0 Å². The lowest BCUT2D eigenvalue weighted by Crippen LogP contribution is -2.26. The Labute approximate surface area is 286 Å². The predicted molar refractivity (Wildman–Crippen MR) is 195 cm³/mol. The minimum Gasteiger partial charge on any atom is -0.496 e. The van der Waals surface area contributed by atoms with Crippen LogP contribution in [0.5, 0.6) is 17.6 Å². The fourth-order valence-corrected chi connectivity index (χ4v) is 5.77. The number of sulfonamides is 1. The van der Waals surface area contributed by atoms with Crippen molar-refractivity contribution in [2.75, 3.05) is 31.3 Å². The molecule has 2 heterocycles. The Hall–Kier alpha value is -3.89. The van der Waals surface area contributed by atoms with Crippen LogP contribution in [0.1, 0.15) is 80.7 Å². The number of aromatic nitrogens is 2. The molecule has 9 nitrogen and oxygen atoms in total. The number of methoxy groups -OCH3 is 1. The Balaban J connectivity index is 0.000000950. The van der Waals surface area contributed by atoms with E-state index < -0.39 is 21.2 Å². The zero-order valence-corrected chi connectivity index (χ0v) is 31.1. The van der Waals surface area contributed by atoms with Gasteiger partial charge in [0.2, 0.25) is 15.9 Å². The highest BCUT2D eigenvalue weighted by Crippen LogP contribution is 2.45. The van der Waals surface area contributed by atoms with Crippen molar-refractivity contribution in [2.24, 2.45) is 0 Å². The van der Waals surface area contributed by atoms with Crippen LogP contribution in [0, 0.1) is 0 Å². The van der Waals surface area contributed by atoms with Gasteiger partial charge in [-0.15, -0.1) is 0 Å². The van der Waals surface area contributed by atoms with Crippen molar-refractivity contribution in [1.82, 2.24) is 9.97 Å². The van der Waals surface area contributed by atoms with Gasteiger partial charge in [-0.3, -0.25) is 4.72 Å². The maximum Gasteiger partial charge on any atom is 0.320 e. The van der Waals surface area contributed by atoms with Crippen LogP contribution in [0.15, 0.2) is 54.7 Å². The van der Waals surface area contributed by atoms with E-state index in [9.17, 15) is 8.42 Å². The van der Waals surface area contributed by atoms with E-state index >= 15 is 0 Å². The molecule has 0 amide bonds. The molecule has 0 unspecified atom stereocenters. The van der Waals surface area contributed by atoms with Crippen LogP contribution in [0.3, 0.4) is 0 Å². The third kappa shape index (κ3) is 10.3. The number of nitrogens with zero attached hydrogens (tertiary/aromatic N) is 2. The lowest BCUT2D eigenvalue weighted by Gasteiger charge is -2.27. The molecular weight excluding hydrogens is 627 g/mol. The van der Waals surface area contributed by atoms with Gasteiger partial charge in [0.1, 0.15) is 17.0 Å². The summed E-state index contributed by atoms with van der Waals surface area (Å²) >= 11 is 0. The number of hydrogen-bond acceptors (Lipinski definition) is 8. The molecule has 260 valence electrons. The minimum absolute atomic E-state index is 0.237. The first-order valence-corrected chi connectivity index (χ1v) is 18.2. The van der Waals surface area contributed by atoms with Gasteiger partial charge in [0.05, 0.1) is 18.9 Å². The number of anilines is 1. The number of fused-ring (bicyclic) bond motifs is 1. The predicted octanol–water partition coefficient (Wildman–Crippen LogP) is 8.79. The Morgan fingerprint density at radius 1 is 0.771 bits per heavy atom. The van der Waals surface area contributed by atoms with Gasteiger partial charge in [-0.2, -0.15) is 4.98 Å². The molecule has 1 N–H and O–H groups in total. The second-order valence-electron chi connectivity index (χ2n) is 15.1. The Kier molecular flexibility index (Phi) is 11.0. The number of rotatable bonds is 7. The third-order valence-electron chi connectivity index (χ3n) is 7.23. The average molecular weight is 678 g/mol. The van der Waals surface area contributed by atoms with Crippen LogP contribution in [0.25, 0.3) is 33.0 Å². The lowest BCUT2D eigenvalue weighted by atomic mass is 9.82. The fourth-order valence-electron chi connectivity index (χ4n) is 5.21. The van der Waals surface area contributed by atoms with E-state index in [0.717, 1.165) is 58.2 Å². The molecular formula is C38H51N3O6S. The third-order valence-corrected chi connectivity index (χ3v) is 7.83. The van der Waals surface area contributed by atoms with Gasteiger partial charge in [0.25, 0.3) is 0 Å². The molecule has 3 aromatic carbocycles. The quantitative estimate of drug-likeness (QED) is 0.207. The van der Waals surface area contributed by atoms with Crippen molar-refractivity contribution in [3.8, 4) is 39.9 Å². The molecule has 0 bridgehead atoms. The average Bonchev–Trinajstić information content (AvgIpc) is 3.54. The number of hydrogen-bond donors (Lipinski definition) is 1. The molecule has 1 saturated heterocycles. The highest BCUT2D eigenvalue weighted by molar-refractivity contribution is 7.92. The molecule has 0 aliphatic carbocycles. The summed E-state index contributed by atoms with van der Waals surface area (Å²) in [5.74, 6) is 1.13. The molecule has 0 atom stereocenters. The minimum atomic E-state index is -3.37. The summed E-state index contributed by atoms with van der Waals surface area (Å²) in [4.78, 5) is 9.26. The summed E-state index contributed by atoms with van der Waals surface area (Å²) < 4.78 is 49.4. The molecule has 1 aliphatic rings. The standard InChI is InChI=1S/C34H43N3O5S.C4H8O/c1-32(2,3)28-19-24(22-12-13-23-17-25(37-43(11,38)39)15-14-21(23)16-22)18-26(29(28)40-10)27-20-35-31(42-34(7,8)9)36-30(27)41-33(4,5)6;1-2-4-5-3-1/h12-20,37H,1-11H3;1-4H2. The summed E-state index contributed by atoms with van der Waals surface area (Å²) in [6, 6.07) is 16.1. The van der Waals surface area contributed by atoms with Crippen LogP contribution in [-0.4, -0.2) is 56.2 Å². The van der Waals surface area contributed by atoms with E-state index in [1.807, 2.05) is 65.8 Å². The molecule has 1 fully saturated rings. The molecule has 48 heavy (non-hydrogen) atoms. The summed E-state index contributed by atoms with van der Waals surface area (Å²) in [7, 11) is -1.70. The summed E-state index contributed by atoms with van der Waals surface area (Å²) in [5, 5.41) is 1.90. The zero-order chi connectivity index (χ0) is 35.5. The van der Waals surface area contributed by atoms with Crippen LogP contribution in [-0.2, 0) is 20.2 Å². The molecule has 1 aliphatic heterocycles. The van der Waals surface area contributed by atoms with Crippen molar-refractivity contribution in [1.29, 1.82) is 0 Å². The Morgan fingerprint density at radius 2 is 1.40 bits per heavy atom. The molecule has 1 aromatic heterocycles. The van der Waals surface area contributed by atoms with Crippen molar-refractivity contribution < 1.29 is 27.4 Å². The largest absolute Gasteiger partial charge is 0.496 e. The van der Waals surface area contributed by atoms with Crippen molar-refractivity contribution in [3.63, 3.8) is 0 Å². The number of nitrogens with one attached hydrogen (secondary N) is 1. The van der Waals surface area contributed by atoms with Crippen molar-refractivity contribution >= 4 is 26.5 Å². The highest BCUT2D eigenvalue weighted by atomic mass is 32.2. The van der Waals surface area contributed by atoms with Crippen molar-refractivity contribution in [2.45, 2.75) is 91.8 Å². The van der Waals surface area contributed by atoms with E-state index in [-0.39, 0.29) is 11.4 Å². The summed E-state index contributed by atoms with van der Waals surface area (Å²) in [6.07, 6.45) is 5.43. The van der Waals surface area contributed by atoms with Gasteiger partial charge < -0.3 is 18.9 Å². The first-order chi connectivity index (χ1) is 22.2. The van der Waals surface area contributed by atoms with E-state index in [2.05, 4.69) is 48.7 Å². The van der Waals surface area contributed by atoms with Crippen LogP contribution in [0.2, 0.25) is 0 Å². The first kappa shape index (κ1) is 36.9. The highest BCUT2D eigenvalue weighted by Gasteiger charge is 2.28. The molecule has 0 saturated carbocycles. The Morgan fingerprint density at radius 3 is 1.94 bits per heavy atom. The topological polar surface area (TPSA) is 109 Å². The van der Waals surface area contributed by atoms with E-state index in [0.29, 0.717) is 17.1 Å². The van der Waals surface area contributed by atoms with E-state index in [1.54, 1.807) is 19.4 Å². The monoisotopic (exact) mass is 677 g/mol. The lowest BCUT2D eigenvalue weighted by molar-refractivity contribution is 0.103. The smallest absolute Gasteiger partial charge is 0.320 e. The second kappa shape index (κ2) is 14.3. The van der Waals surface area contributed by atoms with E-state index in [1.165, 1.54) is 12.8 Å². The SMILES string of the molecule is C1CCOC1.COc1c(-c2cnc(OC(C)(C)C)nc2OC(C)(C)C)cc(-c2ccc3cc(NS(C)(=O)=O)ccc3c2)cc1C(C)(C)C. The maximum atomic E-state index is 11.7. The molecule has 4 aromatic rings. The molecule has 5 rings (SSSR count). The van der Waals surface area contributed by atoms with E-state index in [4.69, 9.17) is 23.9 Å². The number of benzene rings is 3. The normalized spacial score (nSPS) is 13.9. The molecule has 0 radical (unpaired) electrons. The fraction of sp³-hybridized carbons (Fsp3) is 0.474. The zero-order valence-electron chi connectivity index (χ0n) is 30.3. The summed E-state index contributed by atoms with van der Waals surface area (Å²) in [5.41, 5.74) is 3.77. The van der Waals surface area contributed by atoms with Crippen LogP contribution in [0.4, 0.5) is 5.69 Å². The number of ether oxygens (including phenoxy) is 4. The van der Waals surface area contributed by atoms with Gasteiger partial charge in [-0.1, -0.05) is 39.0 Å².